The Labute approximate surface area is 170 Å². The van der Waals surface area contributed by atoms with Crippen LogP contribution in [0.3, 0.4) is 0 Å². The minimum Gasteiger partial charge on any atom is -0.363 e. The summed E-state index contributed by atoms with van der Waals surface area (Å²) in [5, 5.41) is 1.23. The van der Waals surface area contributed by atoms with Crippen molar-refractivity contribution in [3.05, 3.63) is 72.4 Å². The van der Waals surface area contributed by atoms with E-state index in [1.165, 1.54) is 10.9 Å². The third kappa shape index (κ3) is 3.63. The molecule has 29 heavy (non-hydrogen) atoms. The predicted octanol–water partition coefficient (Wildman–Crippen LogP) is 3.63. The molecule has 3 heterocycles. The van der Waals surface area contributed by atoms with Gasteiger partial charge in [-0.15, -0.1) is 0 Å². The van der Waals surface area contributed by atoms with Gasteiger partial charge in [-0.3, -0.25) is 14.7 Å². The molecule has 1 spiro atoms. The Morgan fingerprint density at radius 1 is 0.966 bits per heavy atom. The van der Waals surface area contributed by atoms with Gasteiger partial charge in [0.15, 0.2) is 0 Å². The second kappa shape index (κ2) is 7.58. The van der Waals surface area contributed by atoms with Gasteiger partial charge in [-0.25, -0.2) is 0 Å². The summed E-state index contributed by atoms with van der Waals surface area (Å²) in [6.45, 7) is 3.66. The van der Waals surface area contributed by atoms with Crippen molar-refractivity contribution in [2.45, 2.75) is 25.0 Å². The fourth-order valence-electron chi connectivity index (χ4n) is 4.51. The third-order valence-corrected chi connectivity index (χ3v) is 6.22. The van der Waals surface area contributed by atoms with Crippen molar-refractivity contribution in [1.29, 1.82) is 0 Å². The molecule has 0 N–H and O–H groups in total. The number of likely N-dealkylation sites (tertiary alicyclic amines) is 1. The number of benzene rings is 2. The molecule has 0 aliphatic carbocycles. The number of carbonyl (C=O) groups is 1. The Morgan fingerprint density at radius 3 is 2.55 bits per heavy atom. The summed E-state index contributed by atoms with van der Waals surface area (Å²) in [6.07, 6.45) is 3.77. The highest BCUT2D eigenvalue weighted by Gasteiger charge is 2.42. The van der Waals surface area contributed by atoms with E-state index in [0.717, 1.165) is 43.7 Å². The Balaban J connectivity index is 1.28. The molecule has 2 fully saturated rings. The highest BCUT2D eigenvalue weighted by molar-refractivity contribution is 5.95. The molecule has 0 saturated carbocycles. The van der Waals surface area contributed by atoms with Crippen LogP contribution in [0.4, 0.5) is 5.69 Å². The van der Waals surface area contributed by atoms with Gasteiger partial charge in [-0.2, -0.15) is 0 Å². The summed E-state index contributed by atoms with van der Waals surface area (Å²) in [5.41, 5.74) is 3.09. The number of pyridine rings is 1. The van der Waals surface area contributed by atoms with Crippen molar-refractivity contribution < 1.29 is 9.53 Å². The fourth-order valence-corrected chi connectivity index (χ4v) is 4.51. The zero-order valence-corrected chi connectivity index (χ0v) is 16.5. The van der Waals surface area contributed by atoms with E-state index in [4.69, 9.17) is 4.74 Å². The molecular formula is C24H25N3O2. The third-order valence-electron chi connectivity index (χ3n) is 6.22. The normalized spacial score (nSPS) is 19.7. The molecule has 5 nitrogen and oxygen atoms in total. The second-order valence-corrected chi connectivity index (χ2v) is 8.05. The Hall–Kier alpha value is -2.76. The summed E-state index contributed by atoms with van der Waals surface area (Å²) < 4.78 is 6.11. The zero-order chi connectivity index (χ0) is 19.7. The lowest BCUT2D eigenvalue weighted by Gasteiger charge is -2.47. The van der Waals surface area contributed by atoms with Crippen molar-refractivity contribution in [3.63, 3.8) is 0 Å². The number of hydrogen-bond acceptors (Lipinski definition) is 4. The number of para-hydroxylation sites is 2. The quantitative estimate of drug-likeness (QED) is 0.688. The van der Waals surface area contributed by atoms with Crippen molar-refractivity contribution in [2.75, 3.05) is 31.1 Å². The van der Waals surface area contributed by atoms with Crippen LogP contribution in [-0.2, 0) is 16.1 Å². The van der Waals surface area contributed by atoms with Crippen LogP contribution in [0.25, 0.3) is 10.9 Å². The number of nitrogens with zero attached hydrogens (tertiary/aromatic N) is 3. The van der Waals surface area contributed by atoms with E-state index in [1.807, 2.05) is 47.5 Å². The molecule has 0 radical (unpaired) electrons. The number of amides is 1. The van der Waals surface area contributed by atoms with Crippen molar-refractivity contribution >= 4 is 22.5 Å². The van der Waals surface area contributed by atoms with Crippen LogP contribution in [0.2, 0.25) is 0 Å². The van der Waals surface area contributed by atoms with Gasteiger partial charge in [0.2, 0.25) is 0 Å². The maximum atomic E-state index is 12.4. The van der Waals surface area contributed by atoms with Gasteiger partial charge in [0.25, 0.3) is 5.91 Å². The van der Waals surface area contributed by atoms with Crippen LogP contribution in [-0.4, -0.2) is 47.6 Å². The van der Waals surface area contributed by atoms with Gasteiger partial charge in [-0.1, -0.05) is 36.4 Å². The van der Waals surface area contributed by atoms with Gasteiger partial charge >= 0.3 is 0 Å². The van der Waals surface area contributed by atoms with E-state index in [-0.39, 0.29) is 18.1 Å². The lowest BCUT2D eigenvalue weighted by Crippen LogP contribution is -2.58. The summed E-state index contributed by atoms with van der Waals surface area (Å²) >= 11 is 0. The van der Waals surface area contributed by atoms with E-state index >= 15 is 0 Å². The smallest absolute Gasteiger partial charge is 0.253 e. The molecule has 1 amide bonds. The molecule has 2 aliphatic rings. The van der Waals surface area contributed by atoms with Crippen molar-refractivity contribution in [3.8, 4) is 0 Å². The molecule has 0 bridgehead atoms. The number of anilines is 1. The fraction of sp³-hybridized carbons (Fsp3) is 0.333. The Kier molecular flexibility index (Phi) is 4.78. The van der Waals surface area contributed by atoms with Crippen LogP contribution < -0.4 is 4.90 Å². The molecule has 5 rings (SSSR count). The lowest BCUT2D eigenvalue weighted by atomic mass is 9.88. The molecular weight excluding hydrogens is 362 g/mol. The number of morpholine rings is 1. The number of hydrogen-bond donors (Lipinski definition) is 0. The van der Waals surface area contributed by atoms with Crippen LogP contribution in [0.15, 0.2) is 66.9 Å². The minimum atomic E-state index is -0.236. The first-order chi connectivity index (χ1) is 14.2. The van der Waals surface area contributed by atoms with Gasteiger partial charge in [0, 0.05) is 36.9 Å². The first kappa shape index (κ1) is 18.3. The maximum Gasteiger partial charge on any atom is 0.253 e. The molecule has 148 valence electrons. The first-order valence-corrected chi connectivity index (χ1v) is 10.3. The average molecular weight is 387 g/mol. The molecule has 1 aromatic heterocycles. The van der Waals surface area contributed by atoms with Crippen molar-refractivity contribution in [2.24, 2.45) is 0 Å². The molecule has 0 unspecified atom stereocenters. The zero-order valence-electron chi connectivity index (χ0n) is 16.5. The Morgan fingerprint density at radius 2 is 1.72 bits per heavy atom. The molecule has 3 aromatic rings. The van der Waals surface area contributed by atoms with Crippen LogP contribution in [0.1, 0.15) is 18.4 Å². The molecule has 0 atom stereocenters. The largest absolute Gasteiger partial charge is 0.363 e. The SMILES string of the molecule is O=C1COC2(CCN(Cc3ccnc4ccccc34)CC2)CN1c1ccccc1. The summed E-state index contributed by atoms with van der Waals surface area (Å²) in [5.74, 6) is 0.0486. The number of rotatable bonds is 3. The van der Waals surface area contributed by atoms with Gasteiger partial charge in [-0.05, 0) is 42.7 Å². The number of carbonyl (C=O) groups excluding carboxylic acids is 1. The van der Waals surface area contributed by atoms with Gasteiger partial charge < -0.3 is 9.64 Å². The second-order valence-electron chi connectivity index (χ2n) is 8.05. The molecule has 2 aromatic carbocycles. The number of fused-ring (bicyclic) bond motifs is 1. The summed E-state index contributed by atoms with van der Waals surface area (Å²) in [7, 11) is 0. The minimum absolute atomic E-state index is 0.0486. The molecule has 2 aliphatic heterocycles. The van der Waals surface area contributed by atoms with Crippen LogP contribution in [0, 0.1) is 0 Å². The highest BCUT2D eigenvalue weighted by Crippen LogP contribution is 2.33. The van der Waals surface area contributed by atoms with Gasteiger partial charge in [0.1, 0.15) is 6.61 Å². The lowest BCUT2D eigenvalue weighted by molar-refractivity contribution is -0.144. The van der Waals surface area contributed by atoms with Gasteiger partial charge in [0.05, 0.1) is 17.7 Å². The number of aromatic nitrogens is 1. The van der Waals surface area contributed by atoms with Crippen molar-refractivity contribution in [1.82, 2.24) is 9.88 Å². The van der Waals surface area contributed by atoms with E-state index in [2.05, 4.69) is 34.1 Å². The predicted molar refractivity (Wildman–Crippen MR) is 114 cm³/mol. The molecule has 5 heteroatoms. The standard InChI is InChI=1S/C24H25N3O2/c28-23-17-29-24(18-27(23)20-6-2-1-3-7-20)11-14-26(15-12-24)16-19-10-13-25-22-9-5-4-8-21(19)22/h1-10,13H,11-12,14-18H2. The monoisotopic (exact) mass is 387 g/mol. The van der Waals surface area contributed by atoms with Crippen LogP contribution in [0.5, 0.6) is 0 Å². The summed E-state index contributed by atoms with van der Waals surface area (Å²) in [6, 6.07) is 20.4. The first-order valence-electron chi connectivity index (χ1n) is 10.3. The number of ether oxygens (including phenoxy) is 1. The van der Waals surface area contributed by atoms with E-state index < -0.39 is 0 Å². The summed E-state index contributed by atoms with van der Waals surface area (Å²) in [4.78, 5) is 21.3. The van der Waals surface area contributed by atoms with E-state index in [9.17, 15) is 4.79 Å². The van der Waals surface area contributed by atoms with Crippen LogP contribution >= 0.6 is 0 Å². The highest BCUT2D eigenvalue weighted by atomic mass is 16.5. The van der Waals surface area contributed by atoms with E-state index in [0.29, 0.717) is 6.54 Å². The van der Waals surface area contributed by atoms with E-state index in [1.54, 1.807) is 0 Å². The Bertz CT molecular complexity index is 1010. The molecule has 2 saturated heterocycles. The average Bonchev–Trinajstić information content (AvgIpc) is 2.78. The maximum absolute atomic E-state index is 12.4. The topological polar surface area (TPSA) is 45.7 Å². The number of piperidine rings is 1.